The van der Waals surface area contributed by atoms with Gasteiger partial charge in [-0.15, -0.1) is 3.63 Å². The summed E-state index contributed by atoms with van der Waals surface area (Å²) in [5.74, 6) is 0. The fraction of sp³-hybridized carbons (Fsp3) is 1.00. The van der Waals surface area contributed by atoms with Crippen LogP contribution in [0.4, 0.5) is 0 Å². The van der Waals surface area contributed by atoms with E-state index >= 15 is 0 Å². The highest BCUT2D eigenvalue weighted by Crippen LogP contribution is 2.23. The van der Waals surface area contributed by atoms with E-state index in [1.807, 2.05) is 27.7 Å². The molecule has 0 atom stereocenters. The van der Waals surface area contributed by atoms with Gasteiger partial charge in [0, 0.05) is 0 Å². The van der Waals surface area contributed by atoms with Crippen LogP contribution < -0.4 is 0 Å². The fourth-order valence-corrected chi connectivity index (χ4v) is 6.44. The van der Waals surface area contributed by atoms with Crippen LogP contribution in [0.15, 0.2) is 0 Å². The summed E-state index contributed by atoms with van der Waals surface area (Å²) < 4.78 is 53.7. The normalized spacial score (nSPS) is 13.2. The molecule has 0 saturated carbocycles. The molecule has 0 aliphatic carbocycles. The second kappa shape index (κ2) is 9.79. The Balaban J connectivity index is 5.18. The van der Waals surface area contributed by atoms with Crippen LogP contribution >= 0.6 is 0 Å². The van der Waals surface area contributed by atoms with Gasteiger partial charge < -0.3 is 0 Å². The van der Waals surface area contributed by atoms with Crippen LogP contribution in [0.3, 0.4) is 0 Å². The molecule has 0 bridgehead atoms. The van der Waals surface area contributed by atoms with Crippen molar-refractivity contribution in [2.24, 2.45) is 0 Å². The maximum absolute atomic E-state index is 12.2. The molecule has 0 aromatic carbocycles. The van der Waals surface area contributed by atoms with E-state index in [-0.39, 0.29) is 0 Å². The first-order valence-corrected chi connectivity index (χ1v) is 10.9. The SMILES string of the molecule is CCCC(CCC)S(=O)(=O)OS(=O)(=O)C(CCC)CCC. The molecule has 0 rings (SSSR count). The van der Waals surface area contributed by atoms with Gasteiger partial charge in [0.1, 0.15) is 0 Å². The van der Waals surface area contributed by atoms with Crippen molar-refractivity contribution in [2.75, 3.05) is 0 Å². The molecule has 0 radical (unpaired) electrons. The van der Waals surface area contributed by atoms with Gasteiger partial charge in [-0.05, 0) is 25.7 Å². The second-order valence-corrected chi connectivity index (χ2v) is 9.30. The molecule has 0 saturated heterocycles. The average molecular weight is 343 g/mol. The topological polar surface area (TPSA) is 77.5 Å². The highest BCUT2D eigenvalue weighted by atomic mass is 32.3. The van der Waals surface area contributed by atoms with Crippen molar-refractivity contribution in [1.82, 2.24) is 0 Å². The molecule has 0 aromatic heterocycles. The van der Waals surface area contributed by atoms with Crippen LogP contribution in [0.25, 0.3) is 0 Å². The lowest BCUT2D eigenvalue weighted by Crippen LogP contribution is -2.31. The van der Waals surface area contributed by atoms with E-state index in [4.69, 9.17) is 3.63 Å². The Bertz CT molecular complexity index is 412. The Morgan fingerprint density at radius 1 is 0.619 bits per heavy atom. The van der Waals surface area contributed by atoms with Crippen molar-refractivity contribution in [3.63, 3.8) is 0 Å². The molecule has 7 heteroatoms. The van der Waals surface area contributed by atoms with Gasteiger partial charge in [0.15, 0.2) is 0 Å². The maximum atomic E-state index is 12.2. The summed E-state index contributed by atoms with van der Waals surface area (Å²) in [6.45, 7) is 7.51. The molecule has 0 heterocycles. The maximum Gasteiger partial charge on any atom is 0.284 e. The minimum absolute atomic E-state index is 0.428. The largest absolute Gasteiger partial charge is 0.284 e. The van der Waals surface area contributed by atoms with Gasteiger partial charge in [-0.2, -0.15) is 16.8 Å². The van der Waals surface area contributed by atoms with Crippen LogP contribution in [0.1, 0.15) is 79.1 Å². The molecule has 0 fully saturated rings. The van der Waals surface area contributed by atoms with Crippen LogP contribution in [0.5, 0.6) is 0 Å². The van der Waals surface area contributed by atoms with Gasteiger partial charge in [0.25, 0.3) is 20.2 Å². The Kier molecular flexibility index (Phi) is 9.73. The third-order valence-corrected chi connectivity index (χ3v) is 7.54. The lowest BCUT2D eigenvalue weighted by Gasteiger charge is -2.19. The van der Waals surface area contributed by atoms with E-state index in [1.165, 1.54) is 0 Å². The quantitative estimate of drug-likeness (QED) is 0.541. The number of hydrogen-bond donors (Lipinski definition) is 0. The zero-order chi connectivity index (χ0) is 16.5. The Morgan fingerprint density at radius 2 is 0.857 bits per heavy atom. The zero-order valence-electron chi connectivity index (χ0n) is 13.7. The molecule has 0 aromatic rings. The van der Waals surface area contributed by atoms with Crippen molar-refractivity contribution >= 4 is 20.2 Å². The van der Waals surface area contributed by atoms with Gasteiger partial charge in [-0.1, -0.05) is 53.4 Å². The van der Waals surface area contributed by atoms with Crippen LogP contribution in [0, 0.1) is 0 Å². The van der Waals surface area contributed by atoms with E-state index in [0.29, 0.717) is 51.4 Å². The summed E-state index contributed by atoms with van der Waals surface area (Å²) in [7, 11) is -8.15. The molecule has 0 aliphatic heterocycles. The van der Waals surface area contributed by atoms with E-state index in [1.54, 1.807) is 0 Å². The van der Waals surface area contributed by atoms with Crippen LogP contribution in [0.2, 0.25) is 0 Å². The molecule has 0 N–H and O–H groups in total. The third-order valence-electron chi connectivity index (χ3n) is 3.45. The molecule has 0 spiro atoms. The van der Waals surface area contributed by atoms with Crippen LogP contribution in [-0.2, 0) is 23.9 Å². The van der Waals surface area contributed by atoms with Gasteiger partial charge >= 0.3 is 0 Å². The Morgan fingerprint density at radius 3 is 1.05 bits per heavy atom. The highest BCUT2D eigenvalue weighted by Gasteiger charge is 2.35. The standard InChI is InChI=1S/C14H30O5S2/c1-5-9-13(10-6-2)20(15,16)19-21(17,18)14(11-7-3)12-8-4/h13-14H,5-12H2,1-4H3. The first kappa shape index (κ1) is 20.9. The zero-order valence-corrected chi connectivity index (χ0v) is 15.3. The summed E-state index contributed by atoms with van der Waals surface area (Å²) in [6.07, 6.45) is 4.44. The summed E-state index contributed by atoms with van der Waals surface area (Å²) >= 11 is 0. The molecule has 21 heavy (non-hydrogen) atoms. The van der Waals surface area contributed by atoms with Crippen molar-refractivity contribution in [2.45, 2.75) is 89.6 Å². The Labute approximate surface area is 130 Å². The first-order valence-electron chi connectivity index (χ1n) is 7.93. The molecule has 5 nitrogen and oxygen atoms in total. The van der Waals surface area contributed by atoms with E-state index < -0.39 is 30.7 Å². The highest BCUT2D eigenvalue weighted by molar-refractivity contribution is 8.00. The van der Waals surface area contributed by atoms with Gasteiger partial charge in [0.05, 0.1) is 10.5 Å². The van der Waals surface area contributed by atoms with Gasteiger partial charge in [-0.3, -0.25) is 0 Å². The van der Waals surface area contributed by atoms with E-state index in [0.717, 1.165) is 0 Å². The smallest absolute Gasteiger partial charge is 0.198 e. The van der Waals surface area contributed by atoms with Gasteiger partial charge in [-0.25, -0.2) is 0 Å². The molecule has 0 unspecified atom stereocenters. The fourth-order valence-electron chi connectivity index (χ4n) is 2.40. The lowest BCUT2D eigenvalue weighted by molar-refractivity contribution is 0.428. The molecular weight excluding hydrogens is 312 g/mol. The van der Waals surface area contributed by atoms with Crippen molar-refractivity contribution in [1.29, 1.82) is 0 Å². The predicted octanol–water partition coefficient (Wildman–Crippen LogP) is 3.60. The summed E-state index contributed by atoms with van der Waals surface area (Å²) in [5.41, 5.74) is 0. The third kappa shape index (κ3) is 7.10. The van der Waals surface area contributed by atoms with Crippen molar-refractivity contribution < 1.29 is 20.5 Å². The Hall–Kier alpha value is -0.140. The first-order chi connectivity index (χ1) is 9.75. The summed E-state index contributed by atoms with van der Waals surface area (Å²) in [4.78, 5) is 0. The molecule has 0 aliphatic rings. The minimum atomic E-state index is -4.07. The summed E-state index contributed by atoms with van der Waals surface area (Å²) in [6, 6.07) is 0. The predicted molar refractivity (Wildman–Crippen MR) is 86.1 cm³/mol. The molecule has 0 amide bonds. The van der Waals surface area contributed by atoms with Gasteiger partial charge in [0.2, 0.25) is 0 Å². The lowest BCUT2D eigenvalue weighted by atomic mass is 10.2. The molecule has 128 valence electrons. The van der Waals surface area contributed by atoms with E-state index in [2.05, 4.69) is 0 Å². The summed E-state index contributed by atoms with van der Waals surface area (Å²) in [5, 5.41) is -1.46. The monoisotopic (exact) mass is 342 g/mol. The minimum Gasteiger partial charge on any atom is -0.198 e. The van der Waals surface area contributed by atoms with Crippen molar-refractivity contribution in [3.05, 3.63) is 0 Å². The molecular formula is C14H30O5S2. The van der Waals surface area contributed by atoms with Crippen LogP contribution in [-0.4, -0.2) is 27.3 Å². The average Bonchev–Trinajstić information content (AvgIpc) is 2.37. The second-order valence-electron chi connectivity index (χ2n) is 5.45. The number of rotatable bonds is 12. The van der Waals surface area contributed by atoms with E-state index in [9.17, 15) is 16.8 Å². The van der Waals surface area contributed by atoms with Crippen molar-refractivity contribution in [3.8, 4) is 0 Å². The number of hydrogen-bond acceptors (Lipinski definition) is 5.